The minimum Gasteiger partial charge on any atom is -0.497 e. The molecular weight excluding hydrogens is 806 g/mol. The van der Waals surface area contributed by atoms with E-state index in [4.69, 9.17) is 14.7 Å². The third kappa shape index (κ3) is 7.27. The minimum atomic E-state index is -1.96. The zero-order valence-corrected chi connectivity index (χ0v) is 33.6. The molecule has 0 aliphatic carbocycles. The first-order valence-electron chi connectivity index (χ1n) is 16.2. The maximum Gasteiger partial charge on any atom is 2.00 e. The fourth-order valence-corrected chi connectivity index (χ4v) is 11.0. The first-order chi connectivity index (χ1) is 22.1. The molecule has 0 amide bonds. The van der Waals surface area contributed by atoms with Crippen molar-refractivity contribution in [1.82, 2.24) is 15.0 Å². The summed E-state index contributed by atoms with van der Waals surface area (Å²) in [5, 5.41) is 1.41. The Morgan fingerprint density at radius 2 is 1.40 bits per heavy atom. The molecule has 0 saturated carbocycles. The molecule has 0 atom stereocenters. The number of rotatable bonds is 6. The number of ether oxygens (including phenoxy) is 1. The quantitative estimate of drug-likeness (QED) is 0.124. The summed E-state index contributed by atoms with van der Waals surface area (Å²) in [6.45, 7) is 22.4. The number of fused-ring (bicyclic) bond motifs is 1. The molecular formula is C41H43N3OPtSSi. The van der Waals surface area contributed by atoms with Crippen molar-refractivity contribution in [3.05, 3.63) is 114 Å². The number of hydrogen-bond acceptors (Lipinski definition) is 5. The number of aryl methyl sites for hydroxylation is 2. The predicted molar refractivity (Wildman–Crippen MR) is 200 cm³/mol. The van der Waals surface area contributed by atoms with Crippen molar-refractivity contribution in [3.8, 4) is 34.0 Å². The maximum absolute atomic E-state index is 6.60. The summed E-state index contributed by atoms with van der Waals surface area (Å²) in [6.07, 6.45) is 3.57. The largest absolute Gasteiger partial charge is 2.00 e. The van der Waals surface area contributed by atoms with Crippen LogP contribution in [0.25, 0.3) is 32.7 Å². The summed E-state index contributed by atoms with van der Waals surface area (Å²) in [6, 6.07) is 30.6. The number of hydrogen-bond donors (Lipinski definition) is 0. The van der Waals surface area contributed by atoms with Crippen molar-refractivity contribution in [2.75, 3.05) is 0 Å². The Kier molecular flexibility index (Phi) is 10.1. The van der Waals surface area contributed by atoms with E-state index in [-0.39, 0.29) is 31.9 Å². The fraction of sp³-hybridized carbons (Fsp3) is 0.293. The van der Waals surface area contributed by atoms with E-state index in [9.17, 15) is 0 Å². The van der Waals surface area contributed by atoms with Gasteiger partial charge in [0.15, 0.2) is 0 Å². The molecule has 7 heteroatoms. The van der Waals surface area contributed by atoms with Crippen molar-refractivity contribution in [2.24, 2.45) is 0 Å². The van der Waals surface area contributed by atoms with Crippen molar-refractivity contribution in [2.45, 2.75) is 79.3 Å². The van der Waals surface area contributed by atoms with Crippen LogP contribution in [0, 0.1) is 26.0 Å². The molecule has 3 aromatic heterocycles. The van der Waals surface area contributed by atoms with Crippen LogP contribution in [-0.2, 0) is 31.9 Å². The van der Waals surface area contributed by atoms with Crippen LogP contribution in [0.15, 0.2) is 79.3 Å². The minimum absolute atomic E-state index is 0. The Balaban J connectivity index is 0.00000451. The molecule has 0 aliphatic rings. The average Bonchev–Trinajstić information content (AvgIpc) is 3.37. The van der Waals surface area contributed by atoms with Gasteiger partial charge in [0.2, 0.25) is 0 Å². The average molecular weight is 849 g/mol. The molecule has 48 heavy (non-hydrogen) atoms. The van der Waals surface area contributed by atoms with E-state index in [2.05, 4.69) is 146 Å². The summed E-state index contributed by atoms with van der Waals surface area (Å²) in [5.74, 6) is 1.27. The second-order valence-electron chi connectivity index (χ2n) is 15.1. The van der Waals surface area contributed by atoms with Gasteiger partial charge in [-0.3, -0.25) is 4.98 Å². The summed E-state index contributed by atoms with van der Waals surface area (Å²) >= 11 is 1.84. The topological polar surface area (TPSA) is 47.9 Å². The molecule has 3 aromatic carbocycles. The molecule has 0 N–H and O–H groups in total. The van der Waals surface area contributed by atoms with E-state index in [0.717, 1.165) is 43.9 Å². The number of nitrogens with zero attached hydrogens (tertiary/aromatic N) is 3. The Hall–Kier alpha value is -3.44. The predicted octanol–water partition coefficient (Wildman–Crippen LogP) is 9.84. The molecule has 0 fully saturated rings. The van der Waals surface area contributed by atoms with E-state index >= 15 is 0 Å². The first kappa shape index (κ1) is 35.9. The van der Waals surface area contributed by atoms with E-state index in [1.165, 1.54) is 20.8 Å². The summed E-state index contributed by atoms with van der Waals surface area (Å²) in [4.78, 5) is 14.3. The SMILES string of the molecule is Cc1cc(Oc2[c-]c(-c3ncnc4c(C)c([Si](C)(C)c5ccccc5)sc34)cc(C(C)(C)C)c2)[c-]c(-c2cc(C(C)(C)C)ccn2)c1.[Pt+2]. The third-order valence-corrected chi connectivity index (χ3v) is 15.1. The van der Waals surface area contributed by atoms with Gasteiger partial charge in [-0.1, -0.05) is 127 Å². The van der Waals surface area contributed by atoms with Crippen molar-refractivity contribution >= 4 is 39.3 Å². The molecule has 0 aliphatic heterocycles. The summed E-state index contributed by atoms with van der Waals surface area (Å²) in [5.41, 5.74) is 9.21. The van der Waals surface area contributed by atoms with Crippen LogP contribution in [0.1, 0.15) is 63.8 Å². The normalized spacial score (nSPS) is 12.2. The Morgan fingerprint density at radius 3 is 2.08 bits per heavy atom. The van der Waals surface area contributed by atoms with Crippen molar-refractivity contribution < 1.29 is 25.8 Å². The van der Waals surface area contributed by atoms with Gasteiger partial charge in [0.05, 0.1) is 5.52 Å². The van der Waals surface area contributed by atoms with Crippen LogP contribution in [0.3, 0.4) is 0 Å². The van der Waals surface area contributed by atoms with E-state index < -0.39 is 8.07 Å². The van der Waals surface area contributed by atoms with Crippen molar-refractivity contribution in [1.29, 1.82) is 0 Å². The Bertz CT molecular complexity index is 2090. The molecule has 0 saturated heterocycles. The van der Waals surface area contributed by atoms with Crippen LogP contribution < -0.4 is 14.4 Å². The summed E-state index contributed by atoms with van der Waals surface area (Å²) in [7, 11) is -1.96. The van der Waals surface area contributed by atoms with Gasteiger partial charge in [-0.2, -0.15) is 11.3 Å². The molecule has 3 heterocycles. The molecule has 6 rings (SSSR count). The Morgan fingerprint density at radius 1 is 0.729 bits per heavy atom. The smallest absolute Gasteiger partial charge is 0.497 e. The van der Waals surface area contributed by atoms with E-state index in [1.54, 1.807) is 6.33 Å². The number of benzene rings is 3. The van der Waals surface area contributed by atoms with Gasteiger partial charge < -0.3 is 9.72 Å². The molecule has 0 bridgehead atoms. The number of aromatic nitrogens is 3. The van der Waals surface area contributed by atoms with Gasteiger partial charge in [-0.05, 0) is 40.6 Å². The van der Waals surface area contributed by atoms with Gasteiger partial charge in [0.25, 0.3) is 0 Å². The first-order valence-corrected chi connectivity index (χ1v) is 20.0. The van der Waals surface area contributed by atoms with Gasteiger partial charge in [0.1, 0.15) is 14.4 Å². The molecule has 248 valence electrons. The van der Waals surface area contributed by atoms with Crippen LogP contribution in [0.4, 0.5) is 0 Å². The van der Waals surface area contributed by atoms with Crippen LogP contribution in [0.5, 0.6) is 11.5 Å². The monoisotopic (exact) mass is 848 g/mol. The Labute approximate surface area is 305 Å². The second-order valence-corrected chi connectivity index (χ2v) is 20.8. The second kappa shape index (κ2) is 13.5. The number of pyridine rings is 1. The van der Waals surface area contributed by atoms with Crippen molar-refractivity contribution in [3.63, 3.8) is 0 Å². The molecule has 6 aromatic rings. The van der Waals surface area contributed by atoms with Crippen LogP contribution in [0.2, 0.25) is 13.1 Å². The maximum atomic E-state index is 6.60. The van der Waals surface area contributed by atoms with E-state index in [1.807, 2.05) is 23.6 Å². The van der Waals surface area contributed by atoms with Crippen LogP contribution in [-0.4, -0.2) is 23.0 Å². The zero-order chi connectivity index (χ0) is 33.7. The number of thiophene rings is 1. The summed E-state index contributed by atoms with van der Waals surface area (Å²) < 4.78 is 9.12. The van der Waals surface area contributed by atoms with Gasteiger partial charge in [-0.15, -0.1) is 34.4 Å². The zero-order valence-electron chi connectivity index (χ0n) is 29.5. The van der Waals surface area contributed by atoms with Crippen LogP contribution >= 0.6 is 11.3 Å². The molecule has 0 spiro atoms. The standard InChI is InChI=1S/C41H43N3OSSi.Pt/c1-26-18-28(35-24-30(16-17-42-35)40(3,4)5)21-32(19-26)45-33-22-29(20-31(23-33)41(6,7)8)37-38-36(43-25-44-37)27(2)39(46-38)47(9,10)34-14-12-11-13-15-34;/h11-20,23-25H,1-10H3;/q-2;+2. The van der Waals surface area contributed by atoms with Gasteiger partial charge >= 0.3 is 21.1 Å². The molecule has 0 unspecified atom stereocenters. The third-order valence-electron chi connectivity index (χ3n) is 8.84. The molecule has 4 nitrogen and oxygen atoms in total. The van der Waals surface area contributed by atoms with Gasteiger partial charge in [-0.25, -0.2) is 4.98 Å². The fourth-order valence-electron chi connectivity index (χ4n) is 5.99. The van der Waals surface area contributed by atoms with E-state index in [0.29, 0.717) is 11.5 Å². The van der Waals surface area contributed by atoms with Gasteiger partial charge in [0, 0.05) is 32.6 Å². The molecule has 0 radical (unpaired) electrons.